The number of fused-ring (bicyclic) bond motifs is 1. The van der Waals surface area contributed by atoms with Gasteiger partial charge in [0.1, 0.15) is 11.8 Å². The van der Waals surface area contributed by atoms with Gasteiger partial charge in [0.15, 0.2) is 5.43 Å². The van der Waals surface area contributed by atoms with Crippen molar-refractivity contribution in [1.29, 1.82) is 0 Å². The number of aryl methyl sites for hydroxylation is 1. The molecule has 0 unspecified atom stereocenters. The number of aliphatic hydroxyl groups is 1. The van der Waals surface area contributed by atoms with Crippen LogP contribution in [0.15, 0.2) is 33.7 Å². The molecule has 2 rings (SSSR count). The molecule has 0 amide bonds. The van der Waals surface area contributed by atoms with Crippen molar-refractivity contribution in [2.24, 2.45) is 0 Å². The van der Waals surface area contributed by atoms with Crippen molar-refractivity contribution >= 4 is 11.0 Å². The molecule has 1 heterocycles. The fourth-order valence-corrected chi connectivity index (χ4v) is 1.55. The molecule has 3 heteroatoms. The standard InChI is InChI=1S/C12H12O3/c1-2-8-3-4-11-10(5-8)12(14)9(6-13)7-15-11/h3-5,7,13H,2,6H2,1H3. The van der Waals surface area contributed by atoms with E-state index in [-0.39, 0.29) is 12.0 Å². The highest BCUT2D eigenvalue weighted by atomic mass is 16.3. The molecule has 1 aromatic heterocycles. The van der Waals surface area contributed by atoms with Crippen LogP contribution in [0.25, 0.3) is 11.0 Å². The van der Waals surface area contributed by atoms with E-state index in [0.717, 1.165) is 12.0 Å². The summed E-state index contributed by atoms with van der Waals surface area (Å²) in [5.41, 5.74) is 1.81. The molecule has 1 aromatic carbocycles. The highest BCUT2D eigenvalue weighted by Crippen LogP contribution is 2.14. The number of rotatable bonds is 2. The summed E-state index contributed by atoms with van der Waals surface area (Å²) in [6.07, 6.45) is 2.19. The van der Waals surface area contributed by atoms with Gasteiger partial charge in [-0.3, -0.25) is 4.79 Å². The van der Waals surface area contributed by atoms with Crippen LogP contribution in [0.3, 0.4) is 0 Å². The molecule has 78 valence electrons. The SMILES string of the molecule is CCc1ccc2occ(CO)c(=O)c2c1. The number of hydrogen-bond acceptors (Lipinski definition) is 3. The van der Waals surface area contributed by atoms with E-state index < -0.39 is 0 Å². The third-order valence-electron chi connectivity index (χ3n) is 2.49. The summed E-state index contributed by atoms with van der Waals surface area (Å²) >= 11 is 0. The molecule has 0 aliphatic carbocycles. The molecule has 0 atom stereocenters. The maximum Gasteiger partial charge on any atom is 0.198 e. The van der Waals surface area contributed by atoms with Crippen LogP contribution in [0.4, 0.5) is 0 Å². The van der Waals surface area contributed by atoms with Crippen LogP contribution in [0.2, 0.25) is 0 Å². The average Bonchev–Trinajstić information content (AvgIpc) is 2.29. The quantitative estimate of drug-likeness (QED) is 0.812. The van der Waals surface area contributed by atoms with Gasteiger partial charge in [0.2, 0.25) is 0 Å². The van der Waals surface area contributed by atoms with Crippen molar-refractivity contribution in [3.05, 3.63) is 45.8 Å². The third-order valence-corrected chi connectivity index (χ3v) is 2.49. The van der Waals surface area contributed by atoms with Gasteiger partial charge in [0.05, 0.1) is 17.6 Å². The van der Waals surface area contributed by atoms with Gasteiger partial charge in [-0.15, -0.1) is 0 Å². The van der Waals surface area contributed by atoms with Crippen LogP contribution in [0.1, 0.15) is 18.1 Å². The van der Waals surface area contributed by atoms with Gasteiger partial charge in [-0.05, 0) is 24.1 Å². The Morgan fingerprint density at radius 2 is 2.20 bits per heavy atom. The minimum absolute atomic E-state index is 0.144. The normalized spacial score (nSPS) is 10.8. The van der Waals surface area contributed by atoms with Crippen molar-refractivity contribution in [2.75, 3.05) is 0 Å². The zero-order valence-corrected chi connectivity index (χ0v) is 8.49. The second-order valence-electron chi connectivity index (χ2n) is 3.43. The van der Waals surface area contributed by atoms with Crippen molar-refractivity contribution in [1.82, 2.24) is 0 Å². The smallest absolute Gasteiger partial charge is 0.198 e. The Morgan fingerprint density at radius 1 is 1.40 bits per heavy atom. The van der Waals surface area contributed by atoms with Crippen molar-refractivity contribution in [3.63, 3.8) is 0 Å². The van der Waals surface area contributed by atoms with Crippen LogP contribution in [-0.4, -0.2) is 5.11 Å². The first-order valence-corrected chi connectivity index (χ1v) is 4.90. The number of benzene rings is 1. The Kier molecular flexibility index (Phi) is 2.56. The molecular weight excluding hydrogens is 192 g/mol. The van der Waals surface area contributed by atoms with Crippen molar-refractivity contribution in [3.8, 4) is 0 Å². The van der Waals surface area contributed by atoms with Gasteiger partial charge in [-0.1, -0.05) is 13.0 Å². The summed E-state index contributed by atoms with van der Waals surface area (Å²) < 4.78 is 5.25. The largest absolute Gasteiger partial charge is 0.464 e. The van der Waals surface area contributed by atoms with Crippen molar-refractivity contribution in [2.45, 2.75) is 20.0 Å². The molecule has 3 nitrogen and oxygen atoms in total. The van der Waals surface area contributed by atoms with Crippen LogP contribution in [0.5, 0.6) is 0 Å². The van der Waals surface area contributed by atoms with Crippen LogP contribution < -0.4 is 5.43 Å². The van der Waals surface area contributed by atoms with Gasteiger partial charge >= 0.3 is 0 Å². The summed E-state index contributed by atoms with van der Waals surface area (Å²) in [7, 11) is 0. The lowest BCUT2D eigenvalue weighted by Gasteiger charge is -2.01. The fourth-order valence-electron chi connectivity index (χ4n) is 1.55. The van der Waals surface area contributed by atoms with Crippen LogP contribution in [0, 0.1) is 0 Å². The Morgan fingerprint density at radius 3 is 2.87 bits per heavy atom. The second-order valence-corrected chi connectivity index (χ2v) is 3.43. The zero-order chi connectivity index (χ0) is 10.8. The van der Waals surface area contributed by atoms with Gasteiger partial charge in [-0.2, -0.15) is 0 Å². The Balaban J connectivity index is 2.78. The highest BCUT2D eigenvalue weighted by Gasteiger charge is 2.06. The molecule has 0 aliphatic heterocycles. The maximum absolute atomic E-state index is 11.8. The van der Waals surface area contributed by atoms with Crippen molar-refractivity contribution < 1.29 is 9.52 Å². The fraction of sp³-hybridized carbons (Fsp3) is 0.250. The van der Waals surface area contributed by atoms with E-state index in [0.29, 0.717) is 16.5 Å². The molecule has 1 N–H and O–H groups in total. The van der Waals surface area contributed by atoms with Gasteiger partial charge in [-0.25, -0.2) is 0 Å². The first kappa shape index (κ1) is 9.93. The minimum Gasteiger partial charge on any atom is -0.464 e. The monoisotopic (exact) mass is 204 g/mol. The molecule has 0 radical (unpaired) electrons. The topological polar surface area (TPSA) is 50.4 Å². The first-order chi connectivity index (χ1) is 7.26. The molecule has 0 fully saturated rings. The molecule has 0 saturated carbocycles. The molecule has 2 aromatic rings. The highest BCUT2D eigenvalue weighted by molar-refractivity contribution is 5.77. The predicted molar refractivity (Wildman–Crippen MR) is 57.8 cm³/mol. The third kappa shape index (κ3) is 1.66. The predicted octanol–water partition coefficient (Wildman–Crippen LogP) is 1.85. The van der Waals surface area contributed by atoms with Gasteiger partial charge in [0.25, 0.3) is 0 Å². The molecular formula is C12H12O3. The summed E-state index contributed by atoms with van der Waals surface area (Å²) in [5, 5.41) is 9.49. The minimum atomic E-state index is -0.283. The zero-order valence-electron chi connectivity index (χ0n) is 8.49. The molecule has 0 bridgehead atoms. The van der Waals surface area contributed by atoms with Crippen LogP contribution in [-0.2, 0) is 13.0 Å². The van der Waals surface area contributed by atoms with Gasteiger partial charge in [0, 0.05) is 0 Å². The van der Waals surface area contributed by atoms with Gasteiger partial charge < -0.3 is 9.52 Å². The molecule has 0 aliphatic rings. The lowest BCUT2D eigenvalue weighted by Crippen LogP contribution is -2.08. The average molecular weight is 204 g/mol. The Bertz CT molecular complexity index is 535. The lowest BCUT2D eigenvalue weighted by molar-refractivity contribution is 0.277. The summed E-state index contributed by atoms with van der Waals surface area (Å²) in [6, 6.07) is 5.54. The van der Waals surface area contributed by atoms with Crippen LogP contribution >= 0.6 is 0 Å². The summed E-state index contributed by atoms with van der Waals surface area (Å²) in [6.45, 7) is 1.74. The van der Waals surface area contributed by atoms with E-state index in [1.807, 2.05) is 19.1 Å². The number of aliphatic hydroxyl groups excluding tert-OH is 1. The summed E-state index contributed by atoms with van der Waals surface area (Å²) in [4.78, 5) is 11.8. The maximum atomic E-state index is 11.8. The summed E-state index contributed by atoms with van der Waals surface area (Å²) in [5.74, 6) is 0. The Hall–Kier alpha value is -1.61. The molecule has 0 spiro atoms. The number of hydrogen-bond donors (Lipinski definition) is 1. The molecule has 0 saturated heterocycles. The van der Waals surface area contributed by atoms with E-state index in [1.165, 1.54) is 6.26 Å². The molecule has 15 heavy (non-hydrogen) atoms. The van der Waals surface area contributed by atoms with E-state index in [1.54, 1.807) is 6.07 Å². The van der Waals surface area contributed by atoms with E-state index in [4.69, 9.17) is 9.52 Å². The first-order valence-electron chi connectivity index (χ1n) is 4.90. The van der Waals surface area contributed by atoms with E-state index >= 15 is 0 Å². The van der Waals surface area contributed by atoms with E-state index in [2.05, 4.69) is 0 Å². The lowest BCUT2D eigenvalue weighted by atomic mass is 10.1. The second kappa shape index (κ2) is 3.87. The Labute approximate surface area is 87.0 Å². The van der Waals surface area contributed by atoms with E-state index in [9.17, 15) is 4.79 Å².